The topological polar surface area (TPSA) is 69.6 Å². The number of benzene rings is 1. The van der Waals surface area contributed by atoms with Crippen molar-refractivity contribution in [2.75, 3.05) is 5.73 Å². The van der Waals surface area contributed by atoms with E-state index in [0.717, 1.165) is 17.7 Å². The number of nitrogens with zero attached hydrogens (tertiary/aromatic N) is 4. The van der Waals surface area contributed by atoms with Crippen LogP contribution >= 0.6 is 0 Å². The summed E-state index contributed by atoms with van der Waals surface area (Å²) >= 11 is 0. The molecule has 0 spiro atoms. The molecule has 2 N–H and O–H groups in total. The fourth-order valence-electron chi connectivity index (χ4n) is 2.06. The Morgan fingerprint density at radius 3 is 2.60 bits per heavy atom. The summed E-state index contributed by atoms with van der Waals surface area (Å²) in [5.41, 5.74) is 9.84. The second-order valence-electron chi connectivity index (χ2n) is 4.50. The molecule has 2 heterocycles. The van der Waals surface area contributed by atoms with Crippen LogP contribution in [0.1, 0.15) is 12.5 Å². The van der Waals surface area contributed by atoms with Crippen LogP contribution in [0.4, 0.5) is 5.82 Å². The van der Waals surface area contributed by atoms with Crippen LogP contribution in [0.2, 0.25) is 0 Å². The number of nitrogens with two attached hydrogens (primary N) is 1. The largest absolute Gasteiger partial charge is 0.382 e. The number of rotatable bonds is 3. The van der Waals surface area contributed by atoms with Gasteiger partial charge in [0.15, 0.2) is 5.82 Å². The van der Waals surface area contributed by atoms with E-state index in [4.69, 9.17) is 5.73 Å². The Bertz CT molecular complexity index is 701. The zero-order valence-electron chi connectivity index (χ0n) is 11.2. The van der Waals surface area contributed by atoms with Gasteiger partial charge in [-0.05, 0) is 36.2 Å². The van der Waals surface area contributed by atoms with Gasteiger partial charge in [0.05, 0.1) is 5.69 Å². The Morgan fingerprint density at radius 1 is 1.15 bits per heavy atom. The first-order valence-corrected chi connectivity index (χ1v) is 6.50. The zero-order chi connectivity index (χ0) is 13.9. The molecular formula is C15H15N5. The summed E-state index contributed by atoms with van der Waals surface area (Å²) < 4.78 is 1.64. The van der Waals surface area contributed by atoms with Gasteiger partial charge in [0.25, 0.3) is 0 Å². The van der Waals surface area contributed by atoms with Gasteiger partial charge in [0.2, 0.25) is 0 Å². The third-order valence-electron chi connectivity index (χ3n) is 3.23. The summed E-state index contributed by atoms with van der Waals surface area (Å²) in [7, 11) is 0. The molecule has 0 fully saturated rings. The highest BCUT2D eigenvalue weighted by Gasteiger charge is 2.12. The lowest BCUT2D eigenvalue weighted by Crippen LogP contribution is -2.02. The standard InChI is InChI=1S/C15H15N5/c1-2-11-5-7-13(8-6-11)20-15(16)14(18-19-20)12-4-3-9-17-10-12/h3-10H,2,16H2,1H3. The third kappa shape index (κ3) is 2.14. The summed E-state index contributed by atoms with van der Waals surface area (Å²) in [6.07, 6.45) is 4.45. The molecule has 0 unspecified atom stereocenters. The Morgan fingerprint density at radius 2 is 1.95 bits per heavy atom. The van der Waals surface area contributed by atoms with Crippen LogP contribution in [0.5, 0.6) is 0 Å². The predicted octanol–water partition coefficient (Wildman–Crippen LogP) is 2.47. The molecule has 1 aromatic carbocycles. The van der Waals surface area contributed by atoms with Crippen molar-refractivity contribution in [2.24, 2.45) is 0 Å². The second kappa shape index (κ2) is 5.13. The first-order chi connectivity index (χ1) is 9.79. The fourth-order valence-corrected chi connectivity index (χ4v) is 2.06. The number of anilines is 1. The quantitative estimate of drug-likeness (QED) is 0.789. The molecular weight excluding hydrogens is 250 g/mol. The average Bonchev–Trinajstić information content (AvgIpc) is 2.90. The maximum atomic E-state index is 6.15. The Balaban J connectivity index is 2.01. The average molecular weight is 265 g/mol. The van der Waals surface area contributed by atoms with Gasteiger partial charge in [-0.1, -0.05) is 24.3 Å². The first-order valence-electron chi connectivity index (χ1n) is 6.50. The van der Waals surface area contributed by atoms with Gasteiger partial charge in [0, 0.05) is 18.0 Å². The van der Waals surface area contributed by atoms with Gasteiger partial charge in [-0.3, -0.25) is 4.98 Å². The van der Waals surface area contributed by atoms with Gasteiger partial charge < -0.3 is 5.73 Å². The lowest BCUT2D eigenvalue weighted by atomic mass is 10.1. The number of pyridine rings is 1. The lowest BCUT2D eigenvalue weighted by Gasteiger charge is -2.04. The van der Waals surface area contributed by atoms with E-state index in [0.29, 0.717) is 11.5 Å². The van der Waals surface area contributed by atoms with E-state index in [1.165, 1.54) is 5.56 Å². The molecule has 0 aliphatic carbocycles. The van der Waals surface area contributed by atoms with Crippen molar-refractivity contribution in [3.05, 3.63) is 54.4 Å². The number of aromatic nitrogens is 4. The van der Waals surface area contributed by atoms with Gasteiger partial charge in [-0.2, -0.15) is 4.68 Å². The molecule has 0 radical (unpaired) electrons. The molecule has 0 saturated heterocycles. The van der Waals surface area contributed by atoms with Crippen LogP contribution < -0.4 is 5.73 Å². The SMILES string of the molecule is CCc1ccc(-n2nnc(-c3cccnc3)c2N)cc1. The summed E-state index contributed by atoms with van der Waals surface area (Å²) in [5, 5.41) is 8.28. The Hall–Kier alpha value is -2.69. The monoisotopic (exact) mass is 265 g/mol. The maximum absolute atomic E-state index is 6.15. The van der Waals surface area contributed by atoms with Gasteiger partial charge in [-0.25, -0.2) is 0 Å². The van der Waals surface area contributed by atoms with Crippen LogP contribution in [-0.2, 0) is 6.42 Å². The minimum absolute atomic E-state index is 0.516. The lowest BCUT2D eigenvalue weighted by molar-refractivity contribution is 0.810. The molecule has 5 nitrogen and oxygen atoms in total. The summed E-state index contributed by atoms with van der Waals surface area (Å²) in [6.45, 7) is 2.12. The Labute approximate surface area is 117 Å². The number of hydrogen-bond acceptors (Lipinski definition) is 4. The highest BCUT2D eigenvalue weighted by Crippen LogP contribution is 2.24. The predicted molar refractivity (Wildman–Crippen MR) is 78.4 cm³/mol. The van der Waals surface area contributed by atoms with Crippen LogP contribution in [0.3, 0.4) is 0 Å². The first kappa shape index (κ1) is 12.3. The molecule has 2 aromatic heterocycles. The van der Waals surface area contributed by atoms with E-state index in [1.807, 2.05) is 24.3 Å². The van der Waals surface area contributed by atoms with E-state index >= 15 is 0 Å². The van der Waals surface area contributed by atoms with E-state index in [9.17, 15) is 0 Å². The van der Waals surface area contributed by atoms with Crippen molar-refractivity contribution in [3.63, 3.8) is 0 Å². The van der Waals surface area contributed by atoms with E-state index in [2.05, 4.69) is 34.4 Å². The molecule has 5 heteroatoms. The highest BCUT2D eigenvalue weighted by molar-refractivity contribution is 5.70. The normalized spacial score (nSPS) is 10.7. The van der Waals surface area contributed by atoms with Gasteiger partial charge in [-0.15, -0.1) is 5.10 Å². The molecule has 100 valence electrons. The van der Waals surface area contributed by atoms with Crippen LogP contribution in [0, 0.1) is 0 Å². The molecule has 0 atom stereocenters. The number of hydrogen-bond donors (Lipinski definition) is 1. The Kier molecular flexibility index (Phi) is 3.16. The maximum Gasteiger partial charge on any atom is 0.155 e. The van der Waals surface area contributed by atoms with Crippen molar-refractivity contribution >= 4 is 5.82 Å². The van der Waals surface area contributed by atoms with Crippen molar-refractivity contribution < 1.29 is 0 Å². The second-order valence-corrected chi connectivity index (χ2v) is 4.50. The van der Waals surface area contributed by atoms with Crippen LogP contribution in [0.15, 0.2) is 48.8 Å². The van der Waals surface area contributed by atoms with E-state index in [1.54, 1.807) is 17.1 Å². The van der Waals surface area contributed by atoms with Crippen molar-refractivity contribution in [1.29, 1.82) is 0 Å². The smallest absolute Gasteiger partial charge is 0.155 e. The minimum atomic E-state index is 0.516. The molecule has 0 bridgehead atoms. The molecule has 0 aliphatic rings. The zero-order valence-corrected chi connectivity index (χ0v) is 11.2. The molecule has 0 saturated carbocycles. The summed E-state index contributed by atoms with van der Waals surface area (Å²) in [4.78, 5) is 4.07. The van der Waals surface area contributed by atoms with Gasteiger partial charge >= 0.3 is 0 Å². The van der Waals surface area contributed by atoms with Crippen LogP contribution in [0.25, 0.3) is 16.9 Å². The van der Waals surface area contributed by atoms with Crippen molar-refractivity contribution in [2.45, 2.75) is 13.3 Å². The van der Waals surface area contributed by atoms with Gasteiger partial charge in [0.1, 0.15) is 5.69 Å². The minimum Gasteiger partial charge on any atom is -0.382 e. The molecule has 20 heavy (non-hydrogen) atoms. The van der Waals surface area contributed by atoms with E-state index < -0.39 is 0 Å². The third-order valence-corrected chi connectivity index (χ3v) is 3.23. The molecule has 3 rings (SSSR count). The van der Waals surface area contributed by atoms with Crippen molar-refractivity contribution in [3.8, 4) is 16.9 Å². The highest BCUT2D eigenvalue weighted by atomic mass is 15.5. The summed E-state index contributed by atoms with van der Waals surface area (Å²) in [6, 6.07) is 11.9. The van der Waals surface area contributed by atoms with E-state index in [-0.39, 0.29) is 0 Å². The number of aryl methyl sites for hydroxylation is 1. The fraction of sp³-hybridized carbons (Fsp3) is 0.133. The molecule has 0 aliphatic heterocycles. The molecule has 3 aromatic rings. The number of nitrogen functional groups attached to an aromatic ring is 1. The van der Waals surface area contributed by atoms with Crippen LogP contribution in [-0.4, -0.2) is 20.0 Å². The van der Waals surface area contributed by atoms with Crippen molar-refractivity contribution in [1.82, 2.24) is 20.0 Å². The summed E-state index contributed by atoms with van der Waals surface area (Å²) in [5.74, 6) is 0.516. The molecule has 0 amide bonds.